The second kappa shape index (κ2) is 6.81. The molecular weight excluding hydrogens is 268 g/mol. The number of ether oxygens (including phenoxy) is 1. The van der Waals surface area contributed by atoms with Crippen LogP contribution in [-0.4, -0.2) is 31.9 Å². The topological polar surface area (TPSA) is 80.7 Å². The molecule has 0 aliphatic carbocycles. The molecule has 1 aromatic carbocycles. The highest BCUT2D eigenvalue weighted by Gasteiger charge is 2.18. The first-order valence-corrected chi connectivity index (χ1v) is 7.24. The first kappa shape index (κ1) is 15.1. The summed E-state index contributed by atoms with van der Waals surface area (Å²) < 4.78 is 28.5. The fourth-order valence-electron chi connectivity index (χ4n) is 1.28. The van der Waals surface area contributed by atoms with Crippen molar-refractivity contribution in [3.63, 3.8) is 0 Å². The Morgan fingerprint density at radius 1 is 1.26 bits per heavy atom. The first-order chi connectivity index (χ1) is 8.95. The number of carboxylic acid groups (broad SMARTS) is 1. The second-order valence-corrected chi connectivity index (χ2v) is 5.61. The van der Waals surface area contributed by atoms with Gasteiger partial charge in [0.1, 0.15) is 12.4 Å². The number of benzene rings is 1. The molecule has 0 bridgehead atoms. The molecule has 1 aromatic rings. The Morgan fingerprint density at radius 3 is 2.42 bits per heavy atom. The number of rotatable bonds is 5. The Kier molecular flexibility index (Phi) is 5.39. The van der Waals surface area contributed by atoms with Crippen molar-refractivity contribution >= 4 is 15.8 Å². The van der Waals surface area contributed by atoms with Crippen molar-refractivity contribution in [1.29, 1.82) is 0 Å². The third-order valence-corrected chi connectivity index (χ3v) is 3.73. The molecule has 0 heterocycles. The van der Waals surface area contributed by atoms with Crippen LogP contribution in [0.15, 0.2) is 29.2 Å². The molecule has 0 aromatic heterocycles. The van der Waals surface area contributed by atoms with Gasteiger partial charge >= 0.3 is 5.97 Å². The molecule has 0 spiro atoms. The fourth-order valence-corrected chi connectivity index (χ4v) is 2.33. The van der Waals surface area contributed by atoms with Crippen LogP contribution in [0.2, 0.25) is 0 Å². The van der Waals surface area contributed by atoms with Crippen molar-refractivity contribution in [2.45, 2.75) is 18.2 Å². The molecule has 0 radical (unpaired) electrons. The highest BCUT2D eigenvalue weighted by Crippen LogP contribution is 2.16. The summed E-state index contributed by atoms with van der Waals surface area (Å²) in [5.74, 6) is 3.81. The van der Waals surface area contributed by atoms with Crippen LogP contribution in [0.1, 0.15) is 13.3 Å². The summed E-state index contributed by atoms with van der Waals surface area (Å²) in [6.45, 7) is 2.16. The maximum absolute atomic E-state index is 11.6. The van der Waals surface area contributed by atoms with Crippen LogP contribution in [0, 0.1) is 11.8 Å². The Labute approximate surface area is 112 Å². The number of aliphatic carboxylic acids is 1. The molecule has 0 saturated heterocycles. The standard InChI is InChI=1S/C13H14O5S/c1-2-3-4-9-18-11-5-7-12(8-6-11)19(16,17)10-13(14)15/h5-8H,2,9-10H2,1H3,(H,14,15). The molecular formula is C13H14O5S. The van der Waals surface area contributed by atoms with Crippen molar-refractivity contribution in [3.05, 3.63) is 24.3 Å². The number of carbonyl (C=O) groups is 1. The van der Waals surface area contributed by atoms with E-state index < -0.39 is 21.6 Å². The zero-order valence-electron chi connectivity index (χ0n) is 10.4. The third kappa shape index (κ3) is 5.02. The molecule has 19 heavy (non-hydrogen) atoms. The minimum absolute atomic E-state index is 0.0399. The minimum Gasteiger partial charge on any atom is -0.481 e. The lowest BCUT2D eigenvalue weighted by atomic mass is 10.3. The van der Waals surface area contributed by atoms with Gasteiger partial charge in [0, 0.05) is 6.42 Å². The van der Waals surface area contributed by atoms with Gasteiger partial charge < -0.3 is 9.84 Å². The Balaban J connectivity index is 2.73. The largest absolute Gasteiger partial charge is 0.481 e. The van der Waals surface area contributed by atoms with E-state index in [0.29, 0.717) is 5.75 Å². The van der Waals surface area contributed by atoms with Gasteiger partial charge in [-0.25, -0.2) is 8.42 Å². The quantitative estimate of drug-likeness (QED) is 0.824. The van der Waals surface area contributed by atoms with E-state index in [9.17, 15) is 13.2 Å². The summed E-state index contributed by atoms with van der Waals surface area (Å²) in [7, 11) is -3.79. The maximum atomic E-state index is 11.6. The van der Waals surface area contributed by atoms with Gasteiger partial charge in [-0.15, -0.1) is 5.92 Å². The highest BCUT2D eigenvalue weighted by atomic mass is 32.2. The summed E-state index contributed by atoms with van der Waals surface area (Å²) >= 11 is 0. The molecule has 1 N–H and O–H groups in total. The number of hydrogen-bond acceptors (Lipinski definition) is 4. The van der Waals surface area contributed by atoms with Crippen LogP contribution in [-0.2, 0) is 14.6 Å². The van der Waals surface area contributed by atoms with E-state index in [-0.39, 0.29) is 11.5 Å². The van der Waals surface area contributed by atoms with Gasteiger partial charge in [0.2, 0.25) is 0 Å². The monoisotopic (exact) mass is 282 g/mol. The number of carboxylic acids is 1. The maximum Gasteiger partial charge on any atom is 0.319 e. The average molecular weight is 282 g/mol. The van der Waals surface area contributed by atoms with Crippen molar-refractivity contribution in [1.82, 2.24) is 0 Å². The van der Waals surface area contributed by atoms with Crippen LogP contribution in [0.5, 0.6) is 5.75 Å². The number of hydrogen-bond donors (Lipinski definition) is 1. The van der Waals surface area contributed by atoms with Crippen LogP contribution in [0.4, 0.5) is 0 Å². The van der Waals surface area contributed by atoms with Gasteiger partial charge in [0.25, 0.3) is 0 Å². The highest BCUT2D eigenvalue weighted by molar-refractivity contribution is 7.92. The molecule has 0 saturated carbocycles. The molecule has 0 unspecified atom stereocenters. The third-order valence-electron chi connectivity index (χ3n) is 2.11. The first-order valence-electron chi connectivity index (χ1n) is 5.59. The molecule has 5 nitrogen and oxygen atoms in total. The summed E-state index contributed by atoms with van der Waals surface area (Å²) in [5.41, 5.74) is 0. The minimum atomic E-state index is -3.79. The molecule has 0 amide bonds. The van der Waals surface area contributed by atoms with Gasteiger partial charge in [0.05, 0.1) is 4.90 Å². The van der Waals surface area contributed by atoms with E-state index in [2.05, 4.69) is 11.8 Å². The smallest absolute Gasteiger partial charge is 0.319 e. The van der Waals surface area contributed by atoms with Crippen LogP contribution >= 0.6 is 0 Å². The Bertz CT molecular complexity index is 590. The summed E-state index contributed by atoms with van der Waals surface area (Å²) in [5, 5.41) is 8.51. The zero-order chi connectivity index (χ0) is 14.3. The second-order valence-electron chi connectivity index (χ2n) is 3.62. The molecule has 0 fully saturated rings. The lowest BCUT2D eigenvalue weighted by Crippen LogP contribution is -2.15. The van der Waals surface area contributed by atoms with E-state index in [1.54, 1.807) is 0 Å². The summed E-state index contributed by atoms with van der Waals surface area (Å²) in [6.07, 6.45) is 0.746. The van der Waals surface area contributed by atoms with Crippen molar-refractivity contribution < 1.29 is 23.1 Å². The van der Waals surface area contributed by atoms with Crippen LogP contribution in [0.25, 0.3) is 0 Å². The van der Waals surface area contributed by atoms with Gasteiger partial charge in [-0.2, -0.15) is 0 Å². The molecule has 0 aliphatic rings. The SMILES string of the molecule is CCC#CCOc1ccc(S(=O)(=O)CC(=O)O)cc1. The van der Waals surface area contributed by atoms with Crippen molar-refractivity contribution in [2.24, 2.45) is 0 Å². The average Bonchev–Trinajstić information content (AvgIpc) is 2.34. The Morgan fingerprint density at radius 2 is 1.89 bits per heavy atom. The predicted octanol–water partition coefficient (Wildman–Crippen LogP) is 1.34. The van der Waals surface area contributed by atoms with E-state index in [1.165, 1.54) is 24.3 Å². The lowest BCUT2D eigenvalue weighted by molar-refractivity contribution is -0.134. The molecule has 1 rings (SSSR count). The van der Waals surface area contributed by atoms with E-state index >= 15 is 0 Å². The normalized spacial score (nSPS) is 10.4. The van der Waals surface area contributed by atoms with Gasteiger partial charge in [0.15, 0.2) is 15.6 Å². The van der Waals surface area contributed by atoms with Crippen molar-refractivity contribution in [2.75, 3.05) is 12.4 Å². The lowest BCUT2D eigenvalue weighted by Gasteiger charge is -2.04. The molecule has 6 heteroatoms. The van der Waals surface area contributed by atoms with Gasteiger partial charge in [-0.1, -0.05) is 12.8 Å². The van der Waals surface area contributed by atoms with Crippen molar-refractivity contribution in [3.8, 4) is 17.6 Å². The molecule has 0 aliphatic heterocycles. The van der Waals surface area contributed by atoms with E-state index in [0.717, 1.165) is 6.42 Å². The zero-order valence-corrected chi connectivity index (χ0v) is 11.2. The van der Waals surface area contributed by atoms with Crippen LogP contribution < -0.4 is 4.74 Å². The van der Waals surface area contributed by atoms with Gasteiger partial charge in [-0.05, 0) is 24.3 Å². The van der Waals surface area contributed by atoms with E-state index in [4.69, 9.17) is 9.84 Å². The fraction of sp³-hybridized carbons (Fsp3) is 0.308. The van der Waals surface area contributed by atoms with E-state index in [1.807, 2.05) is 6.92 Å². The molecule has 102 valence electrons. The summed E-state index contributed by atoms with van der Waals surface area (Å²) in [4.78, 5) is 10.4. The van der Waals surface area contributed by atoms with Crippen LogP contribution in [0.3, 0.4) is 0 Å². The Hall–Kier alpha value is -2.00. The summed E-state index contributed by atoms with van der Waals surface area (Å²) in [6, 6.07) is 5.59. The molecule has 0 atom stereocenters. The number of sulfone groups is 1. The predicted molar refractivity (Wildman–Crippen MR) is 69.7 cm³/mol. The van der Waals surface area contributed by atoms with Gasteiger partial charge in [-0.3, -0.25) is 4.79 Å².